The van der Waals surface area contributed by atoms with E-state index in [4.69, 9.17) is 19.6 Å². The first-order valence-corrected chi connectivity index (χ1v) is 11.3. The molecule has 0 aromatic heterocycles. The van der Waals surface area contributed by atoms with Crippen LogP contribution in [0.15, 0.2) is 36.5 Å². The van der Waals surface area contributed by atoms with Crippen molar-refractivity contribution in [1.29, 1.82) is 0 Å². The quantitative estimate of drug-likeness (QED) is 0.234. The van der Waals surface area contributed by atoms with Crippen molar-refractivity contribution < 1.29 is 24.4 Å². The van der Waals surface area contributed by atoms with Crippen molar-refractivity contribution in [1.82, 2.24) is 0 Å². The number of aliphatic carboxylic acids is 1. The van der Waals surface area contributed by atoms with Crippen LogP contribution in [0, 0.1) is 0 Å². The SMILES string of the molecule is C/C=C/C=C/C=C/CCCCCCC[C@@H]1CC[C@@H]([C@@H]2CC[C@@H](CC(=O)O)OO2)O1. The Morgan fingerprint density at radius 2 is 1.59 bits per heavy atom. The molecule has 2 aliphatic rings. The number of hydrogen-bond donors (Lipinski definition) is 1. The van der Waals surface area contributed by atoms with Crippen LogP contribution in [0.25, 0.3) is 0 Å². The van der Waals surface area contributed by atoms with E-state index in [9.17, 15) is 4.79 Å². The maximum Gasteiger partial charge on any atom is 0.306 e. The molecule has 2 fully saturated rings. The lowest BCUT2D eigenvalue weighted by Crippen LogP contribution is -2.37. The van der Waals surface area contributed by atoms with Gasteiger partial charge in [-0.1, -0.05) is 62.1 Å². The Hall–Kier alpha value is -1.43. The molecular formula is C24H38O5. The van der Waals surface area contributed by atoms with Gasteiger partial charge in [0.15, 0.2) is 0 Å². The van der Waals surface area contributed by atoms with Crippen LogP contribution in [-0.2, 0) is 19.3 Å². The Balaban J connectivity index is 1.45. The van der Waals surface area contributed by atoms with E-state index in [2.05, 4.69) is 24.3 Å². The van der Waals surface area contributed by atoms with Crippen LogP contribution >= 0.6 is 0 Å². The Kier molecular flexibility index (Phi) is 12.0. The molecule has 0 aromatic carbocycles. The number of ether oxygens (including phenoxy) is 1. The van der Waals surface area contributed by atoms with Gasteiger partial charge in [0.25, 0.3) is 0 Å². The molecule has 0 unspecified atom stereocenters. The van der Waals surface area contributed by atoms with Crippen LogP contribution in [0.4, 0.5) is 0 Å². The van der Waals surface area contributed by atoms with E-state index in [1.807, 2.05) is 19.1 Å². The highest BCUT2D eigenvalue weighted by Gasteiger charge is 2.36. The molecule has 5 heteroatoms. The summed E-state index contributed by atoms with van der Waals surface area (Å²) in [7, 11) is 0. The monoisotopic (exact) mass is 406 g/mol. The van der Waals surface area contributed by atoms with E-state index >= 15 is 0 Å². The minimum Gasteiger partial charge on any atom is -0.481 e. The molecule has 0 saturated carbocycles. The van der Waals surface area contributed by atoms with Crippen LogP contribution in [0.5, 0.6) is 0 Å². The van der Waals surface area contributed by atoms with Crippen LogP contribution in [0.3, 0.4) is 0 Å². The number of rotatable bonds is 13. The molecular weight excluding hydrogens is 368 g/mol. The third-order valence-corrected chi connectivity index (χ3v) is 5.60. The second-order valence-electron chi connectivity index (χ2n) is 8.09. The average Bonchev–Trinajstić information content (AvgIpc) is 3.18. The van der Waals surface area contributed by atoms with Crippen molar-refractivity contribution in [2.75, 3.05) is 0 Å². The Morgan fingerprint density at radius 3 is 2.34 bits per heavy atom. The van der Waals surface area contributed by atoms with Crippen LogP contribution < -0.4 is 0 Å². The van der Waals surface area contributed by atoms with E-state index in [0.29, 0.717) is 6.10 Å². The largest absolute Gasteiger partial charge is 0.481 e. The highest BCUT2D eigenvalue weighted by atomic mass is 17.2. The van der Waals surface area contributed by atoms with Gasteiger partial charge in [-0.3, -0.25) is 4.79 Å². The fourth-order valence-electron chi connectivity index (χ4n) is 3.97. The summed E-state index contributed by atoms with van der Waals surface area (Å²) in [6.07, 6.45) is 24.9. The smallest absolute Gasteiger partial charge is 0.306 e. The van der Waals surface area contributed by atoms with Gasteiger partial charge in [-0.05, 0) is 51.9 Å². The third-order valence-electron chi connectivity index (χ3n) is 5.60. The molecule has 0 spiro atoms. The minimum absolute atomic E-state index is 0.00472. The first-order chi connectivity index (χ1) is 14.2. The number of hydrogen-bond acceptors (Lipinski definition) is 4. The van der Waals surface area contributed by atoms with Crippen LogP contribution in [0.2, 0.25) is 0 Å². The lowest BCUT2D eigenvalue weighted by atomic mass is 10.0. The Morgan fingerprint density at radius 1 is 0.862 bits per heavy atom. The van der Waals surface area contributed by atoms with E-state index < -0.39 is 5.97 Å². The van der Waals surface area contributed by atoms with Crippen molar-refractivity contribution in [3.05, 3.63) is 36.5 Å². The van der Waals surface area contributed by atoms with Gasteiger partial charge in [0.2, 0.25) is 0 Å². The number of carbonyl (C=O) groups is 1. The maximum absolute atomic E-state index is 10.7. The number of allylic oxidation sites excluding steroid dienone is 6. The normalized spacial score (nSPS) is 28.2. The van der Waals surface area contributed by atoms with Crippen molar-refractivity contribution in [3.63, 3.8) is 0 Å². The summed E-state index contributed by atoms with van der Waals surface area (Å²) in [4.78, 5) is 21.4. The molecule has 2 saturated heterocycles. The molecule has 2 aliphatic heterocycles. The predicted octanol–water partition coefficient (Wildman–Crippen LogP) is 5.91. The van der Waals surface area contributed by atoms with Gasteiger partial charge in [0.05, 0.1) is 18.6 Å². The summed E-state index contributed by atoms with van der Waals surface area (Å²) >= 11 is 0. The summed E-state index contributed by atoms with van der Waals surface area (Å²) in [5.74, 6) is -0.845. The summed E-state index contributed by atoms with van der Waals surface area (Å²) in [5, 5.41) is 8.82. The first-order valence-electron chi connectivity index (χ1n) is 11.3. The molecule has 2 rings (SSSR count). The zero-order chi connectivity index (χ0) is 20.7. The third kappa shape index (κ3) is 10.2. The Labute approximate surface area is 175 Å². The standard InChI is InChI=1S/C24H38O5/c1-2-3-4-5-6-7-8-9-10-11-12-13-14-20-15-17-22(27-20)23-18-16-21(28-29-23)19-24(25)26/h2-7,20-23H,8-19H2,1H3,(H,25,26)/b3-2+,5-4+,7-6+/t20-,21+,22+,23+/m1/s1. The molecule has 4 atom stereocenters. The van der Waals surface area contributed by atoms with Gasteiger partial charge in [0, 0.05) is 0 Å². The highest BCUT2D eigenvalue weighted by Crippen LogP contribution is 2.31. The second kappa shape index (κ2) is 14.5. The molecule has 0 amide bonds. The molecule has 0 radical (unpaired) electrons. The number of carboxylic acids is 1. The summed E-state index contributed by atoms with van der Waals surface area (Å²) < 4.78 is 6.18. The Bertz CT molecular complexity index is 531. The second-order valence-corrected chi connectivity index (χ2v) is 8.09. The van der Waals surface area contributed by atoms with E-state index in [1.165, 1.54) is 32.1 Å². The molecule has 1 N–H and O–H groups in total. The van der Waals surface area contributed by atoms with Crippen LogP contribution in [0.1, 0.15) is 84.0 Å². The molecule has 0 bridgehead atoms. The zero-order valence-corrected chi connectivity index (χ0v) is 17.8. The van der Waals surface area contributed by atoms with E-state index in [-0.39, 0.29) is 24.7 Å². The molecule has 29 heavy (non-hydrogen) atoms. The first kappa shape index (κ1) is 23.8. The highest BCUT2D eigenvalue weighted by molar-refractivity contribution is 5.67. The maximum atomic E-state index is 10.7. The van der Waals surface area contributed by atoms with Crippen molar-refractivity contribution in [2.45, 2.75) is 108 Å². The van der Waals surface area contributed by atoms with E-state index in [0.717, 1.165) is 38.5 Å². The van der Waals surface area contributed by atoms with Gasteiger partial charge in [-0.25, -0.2) is 9.78 Å². The van der Waals surface area contributed by atoms with Gasteiger partial charge >= 0.3 is 5.97 Å². The molecule has 0 aromatic rings. The van der Waals surface area contributed by atoms with Crippen molar-refractivity contribution in [3.8, 4) is 0 Å². The number of unbranched alkanes of at least 4 members (excludes halogenated alkanes) is 5. The minimum atomic E-state index is -0.845. The summed E-state index contributed by atoms with van der Waals surface area (Å²) in [6, 6.07) is 0. The van der Waals surface area contributed by atoms with Crippen molar-refractivity contribution in [2.24, 2.45) is 0 Å². The average molecular weight is 407 g/mol. The predicted molar refractivity (Wildman–Crippen MR) is 115 cm³/mol. The molecule has 2 heterocycles. The van der Waals surface area contributed by atoms with Crippen molar-refractivity contribution >= 4 is 5.97 Å². The van der Waals surface area contributed by atoms with Gasteiger partial charge in [-0.15, -0.1) is 0 Å². The molecule has 164 valence electrons. The van der Waals surface area contributed by atoms with E-state index in [1.54, 1.807) is 0 Å². The topological polar surface area (TPSA) is 65.0 Å². The summed E-state index contributed by atoms with van der Waals surface area (Å²) in [6.45, 7) is 2.02. The fourth-order valence-corrected chi connectivity index (χ4v) is 3.97. The number of carboxylic acid groups (broad SMARTS) is 1. The van der Waals surface area contributed by atoms with Gasteiger partial charge in [0.1, 0.15) is 12.2 Å². The fraction of sp³-hybridized carbons (Fsp3) is 0.708. The van der Waals surface area contributed by atoms with Crippen LogP contribution in [-0.4, -0.2) is 35.5 Å². The summed E-state index contributed by atoms with van der Waals surface area (Å²) in [5.41, 5.74) is 0. The lowest BCUT2D eigenvalue weighted by Gasteiger charge is -2.30. The van der Waals surface area contributed by atoms with Gasteiger partial charge < -0.3 is 9.84 Å². The molecule has 5 nitrogen and oxygen atoms in total. The lowest BCUT2D eigenvalue weighted by molar-refractivity contribution is -0.385. The molecule has 0 aliphatic carbocycles. The zero-order valence-electron chi connectivity index (χ0n) is 17.8. The van der Waals surface area contributed by atoms with Gasteiger partial charge in [-0.2, -0.15) is 0 Å².